The fourth-order valence-corrected chi connectivity index (χ4v) is 4.48. The van der Waals surface area contributed by atoms with Gasteiger partial charge in [-0.1, -0.05) is 90.2 Å². The molecule has 4 nitrogen and oxygen atoms in total. The Morgan fingerprint density at radius 1 is 0.800 bits per heavy atom. The van der Waals surface area contributed by atoms with Gasteiger partial charge in [0.05, 0.1) is 16.8 Å². The van der Waals surface area contributed by atoms with E-state index in [1.165, 1.54) is 6.07 Å². The predicted molar refractivity (Wildman–Crippen MR) is 141 cm³/mol. The maximum Gasteiger partial charge on any atom is 0.204 e. The summed E-state index contributed by atoms with van der Waals surface area (Å²) in [6.45, 7) is 0.180. The van der Waals surface area contributed by atoms with Crippen LogP contribution in [0.5, 0.6) is 5.75 Å². The number of hydrogen-bond acceptors (Lipinski definition) is 5. The van der Waals surface area contributed by atoms with E-state index in [4.69, 9.17) is 9.72 Å². The molecule has 0 fully saturated rings. The van der Waals surface area contributed by atoms with Crippen LogP contribution in [0, 0.1) is 5.82 Å². The third-order valence-electron chi connectivity index (χ3n) is 5.32. The third kappa shape index (κ3) is 5.62. The summed E-state index contributed by atoms with van der Waals surface area (Å²) in [5, 5.41) is 5.08. The van der Waals surface area contributed by atoms with Crippen molar-refractivity contribution >= 4 is 22.7 Å². The van der Waals surface area contributed by atoms with Gasteiger partial charge in [-0.3, -0.25) is 5.43 Å². The van der Waals surface area contributed by atoms with Crippen LogP contribution in [-0.2, 0) is 6.61 Å². The van der Waals surface area contributed by atoms with Crippen LogP contribution in [0.1, 0.15) is 11.1 Å². The smallest absolute Gasteiger partial charge is 0.204 e. The molecule has 0 saturated heterocycles. The van der Waals surface area contributed by atoms with Gasteiger partial charge < -0.3 is 4.74 Å². The van der Waals surface area contributed by atoms with E-state index < -0.39 is 0 Å². The summed E-state index contributed by atoms with van der Waals surface area (Å²) in [6.07, 6.45) is 1.73. The predicted octanol–water partition coefficient (Wildman–Crippen LogP) is 7.64. The quantitative estimate of drug-likeness (QED) is 0.184. The lowest BCUT2D eigenvalue weighted by atomic mass is 10.1. The lowest BCUT2D eigenvalue weighted by Crippen LogP contribution is -1.98. The Hall–Kier alpha value is -4.29. The molecule has 0 atom stereocenters. The lowest BCUT2D eigenvalue weighted by molar-refractivity contribution is 0.300. The first-order chi connectivity index (χ1) is 17.3. The average Bonchev–Trinajstić information content (AvgIpc) is 3.34. The number of thiazole rings is 1. The molecule has 0 aliphatic heterocycles. The highest BCUT2D eigenvalue weighted by atomic mass is 32.1. The van der Waals surface area contributed by atoms with E-state index in [0.29, 0.717) is 16.4 Å². The second-order valence-corrected chi connectivity index (χ2v) is 8.75. The van der Waals surface area contributed by atoms with Crippen LogP contribution in [0.3, 0.4) is 0 Å². The van der Waals surface area contributed by atoms with Crippen molar-refractivity contribution in [3.05, 3.63) is 126 Å². The third-order valence-corrected chi connectivity index (χ3v) is 6.33. The van der Waals surface area contributed by atoms with Crippen molar-refractivity contribution in [1.29, 1.82) is 0 Å². The second-order valence-electron chi connectivity index (χ2n) is 7.75. The molecular weight excluding hydrogens is 457 g/mol. The Morgan fingerprint density at radius 3 is 2.17 bits per heavy atom. The van der Waals surface area contributed by atoms with Crippen LogP contribution < -0.4 is 10.2 Å². The SMILES string of the molecule is Fc1ccccc1COc1ccc(/C=N\Nc2nc(-c3ccccc3)c(-c3ccccc3)s2)cc1. The molecule has 172 valence electrons. The van der Waals surface area contributed by atoms with Gasteiger partial charge in [0.25, 0.3) is 0 Å². The van der Waals surface area contributed by atoms with Crippen molar-refractivity contribution < 1.29 is 9.13 Å². The first kappa shape index (κ1) is 22.5. The first-order valence-electron chi connectivity index (χ1n) is 11.1. The highest BCUT2D eigenvalue weighted by Gasteiger charge is 2.14. The van der Waals surface area contributed by atoms with Gasteiger partial charge in [0, 0.05) is 11.1 Å². The Balaban J connectivity index is 1.27. The first-order valence-corrected chi connectivity index (χ1v) is 11.9. The fraction of sp³-hybridized carbons (Fsp3) is 0.0345. The molecule has 5 aromatic rings. The molecule has 1 aromatic heterocycles. The summed E-state index contributed by atoms with van der Waals surface area (Å²) < 4.78 is 19.4. The fourth-order valence-electron chi connectivity index (χ4n) is 3.53. The monoisotopic (exact) mass is 479 g/mol. The van der Waals surface area contributed by atoms with E-state index >= 15 is 0 Å². The number of nitrogens with one attached hydrogen (secondary N) is 1. The van der Waals surface area contributed by atoms with Crippen molar-refractivity contribution in [3.63, 3.8) is 0 Å². The zero-order chi connectivity index (χ0) is 23.9. The van der Waals surface area contributed by atoms with Gasteiger partial charge >= 0.3 is 0 Å². The van der Waals surface area contributed by atoms with E-state index in [1.807, 2.05) is 60.7 Å². The highest BCUT2D eigenvalue weighted by molar-refractivity contribution is 7.19. The zero-order valence-corrected chi connectivity index (χ0v) is 19.6. The standard InChI is InChI=1S/C29H22FN3OS/c30-26-14-8-7-13-24(26)20-34-25-17-15-21(16-18-25)19-31-33-29-32-27(22-9-3-1-4-10-22)28(35-29)23-11-5-2-6-12-23/h1-19H,20H2,(H,32,33)/b31-19-. The maximum atomic E-state index is 13.7. The normalized spacial score (nSPS) is 11.0. The van der Waals surface area contributed by atoms with Crippen LogP contribution in [0.25, 0.3) is 21.7 Å². The number of anilines is 1. The number of ether oxygens (including phenoxy) is 1. The van der Waals surface area contributed by atoms with Gasteiger partial charge in [0.15, 0.2) is 0 Å². The Morgan fingerprint density at radius 2 is 1.46 bits per heavy atom. The molecule has 0 spiro atoms. The van der Waals surface area contributed by atoms with Crippen molar-refractivity contribution in [2.45, 2.75) is 6.61 Å². The molecule has 0 saturated carbocycles. The largest absolute Gasteiger partial charge is 0.489 e. The van der Waals surface area contributed by atoms with E-state index in [1.54, 1.807) is 35.8 Å². The summed E-state index contributed by atoms with van der Waals surface area (Å²) in [6, 6.07) is 34.5. The summed E-state index contributed by atoms with van der Waals surface area (Å²) >= 11 is 1.56. The maximum absolute atomic E-state index is 13.7. The van der Waals surface area contributed by atoms with Crippen molar-refractivity contribution in [2.24, 2.45) is 5.10 Å². The number of benzene rings is 4. The summed E-state index contributed by atoms with van der Waals surface area (Å²) in [4.78, 5) is 5.89. The van der Waals surface area contributed by atoms with E-state index in [9.17, 15) is 4.39 Å². The molecule has 0 aliphatic carbocycles. The molecule has 35 heavy (non-hydrogen) atoms. The molecule has 5 rings (SSSR count). The molecule has 0 bridgehead atoms. The number of nitrogens with zero attached hydrogens (tertiary/aromatic N) is 2. The van der Waals surface area contributed by atoms with Gasteiger partial charge in [0.1, 0.15) is 18.2 Å². The molecule has 0 radical (unpaired) electrons. The van der Waals surface area contributed by atoms with Crippen molar-refractivity contribution in [3.8, 4) is 27.4 Å². The van der Waals surface area contributed by atoms with Gasteiger partial charge in [-0.2, -0.15) is 5.10 Å². The van der Waals surface area contributed by atoms with Crippen molar-refractivity contribution in [1.82, 2.24) is 4.98 Å². The van der Waals surface area contributed by atoms with Gasteiger partial charge in [-0.15, -0.1) is 0 Å². The Labute approximate surface area is 207 Å². The van der Waals surface area contributed by atoms with Gasteiger partial charge in [-0.25, -0.2) is 9.37 Å². The minimum atomic E-state index is -0.268. The highest BCUT2D eigenvalue weighted by Crippen LogP contribution is 2.38. The van der Waals surface area contributed by atoms with Gasteiger partial charge in [0.2, 0.25) is 5.13 Å². The minimum Gasteiger partial charge on any atom is -0.489 e. The van der Waals surface area contributed by atoms with Crippen LogP contribution in [0.15, 0.2) is 114 Å². The molecule has 0 unspecified atom stereocenters. The number of hydrogen-bond donors (Lipinski definition) is 1. The number of hydrazone groups is 1. The topological polar surface area (TPSA) is 46.5 Å². The lowest BCUT2D eigenvalue weighted by Gasteiger charge is -2.07. The minimum absolute atomic E-state index is 0.180. The number of halogens is 1. The Bertz CT molecular complexity index is 1360. The average molecular weight is 480 g/mol. The van der Waals surface area contributed by atoms with Gasteiger partial charge in [-0.05, 0) is 41.5 Å². The van der Waals surface area contributed by atoms with Crippen LogP contribution in [0.4, 0.5) is 9.52 Å². The molecule has 1 N–H and O–H groups in total. The molecule has 0 aliphatic rings. The molecule has 0 amide bonds. The second kappa shape index (κ2) is 10.8. The molecule has 4 aromatic carbocycles. The number of aromatic nitrogens is 1. The van der Waals surface area contributed by atoms with Crippen LogP contribution in [-0.4, -0.2) is 11.2 Å². The summed E-state index contributed by atoms with van der Waals surface area (Å²) in [7, 11) is 0. The van der Waals surface area contributed by atoms with E-state index in [-0.39, 0.29) is 12.4 Å². The zero-order valence-electron chi connectivity index (χ0n) is 18.8. The van der Waals surface area contributed by atoms with E-state index in [2.05, 4.69) is 34.8 Å². The van der Waals surface area contributed by atoms with Crippen molar-refractivity contribution in [2.75, 3.05) is 5.43 Å². The summed E-state index contributed by atoms with van der Waals surface area (Å²) in [5.74, 6) is 0.397. The molecule has 6 heteroatoms. The molecule has 1 heterocycles. The van der Waals surface area contributed by atoms with Crippen LogP contribution >= 0.6 is 11.3 Å². The Kier molecular flexibility index (Phi) is 6.92. The molecular formula is C29H22FN3OS. The van der Waals surface area contributed by atoms with E-state index in [0.717, 1.165) is 27.3 Å². The number of rotatable bonds is 8. The van der Waals surface area contributed by atoms with Crippen LogP contribution in [0.2, 0.25) is 0 Å². The summed E-state index contributed by atoms with van der Waals surface area (Å²) in [5.41, 5.74) is 7.60.